The van der Waals surface area contributed by atoms with Gasteiger partial charge in [-0.15, -0.1) is 0 Å². The number of aromatic nitrogens is 1. The van der Waals surface area contributed by atoms with Crippen LogP contribution in [0.5, 0.6) is 0 Å². The Hall–Kier alpha value is -1.66. The van der Waals surface area contributed by atoms with Crippen molar-refractivity contribution < 1.29 is 9.53 Å². The molecule has 1 saturated heterocycles. The molecule has 0 radical (unpaired) electrons. The second kappa shape index (κ2) is 5.54. The number of anilines is 1. The van der Waals surface area contributed by atoms with E-state index in [0.29, 0.717) is 18.7 Å². The van der Waals surface area contributed by atoms with Crippen LogP contribution in [0.2, 0.25) is 0 Å². The van der Waals surface area contributed by atoms with Crippen LogP contribution in [0.1, 0.15) is 23.0 Å². The minimum atomic E-state index is -0.441. The van der Waals surface area contributed by atoms with Crippen molar-refractivity contribution in [2.75, 3.05) is 24.6 Å². The van der Waals surface area contributed by atoms with Crippen molar-refractivity contribution in [2.45, 2.75) is 26.0 Å². The largest absolute Gasteiger partial charge is 0.373 e. The van der Waals surface area contributed by atoms with Crippen LogP contribution in [-0.2, 0) is 4.74 Å². The third-order valence-electron chi connectivity index (χ3n) is 3.23. The molecule has 0 spiro atoms. The Labute approximate surface area is 112 Å². The van der Waals surface area contributed by atoms with E-state index in [1.807, 2.05) is 13.8 Å². The molecule has 2 heterocycles. The second-order valence-electron chi connectivity index (χ2n) is 4.93. The molecular formula is C13H20N4O2. The first-order valence-electron chi connectivity index (χ1n) is 6.38. The van der Waals surface area contributed by atoms with Gasteiger partial charge in [-0.05, 0) is 26.0 Å². The summed E-state index contributed by atoms with van der Waals surface area (Å²) in [6.07, 6.45) is -0.0203. The molecule has 0 aliphatic carbocycles. The average molecular weight is 264 g/mol. The van der Waals surface area contributed by atoms with Gasteiger partial charge in [-0.3, -0.25) is 4.79 Å². The Morgan fingerprint density at radius 2 is 2.32 bits per heavy atom. The summed E-state index contributed by atoms with van der Waals surface area (Å²) in [6.45, 7) is 5.78. The topological polar surface area (TPSA) is 94.5 Å². The van der Waals surface area contributed by atoms with Gasteiger partial charge in [0.1, 0.15) is 5.82 Å². The lowest BCUT2D eigenvalue weighted by molar-refractivity contribution is 0.0273. The molecule has 4 N–H and O–H groups in total. The molecule has 0 bridgehead atoms. The van der Waals surface area contributed by atoms with Gasteiger partial charge >= 0.3 is 0 Å². The van der Waals surface area contributed by atoms with Crippen LogP contribution in [0.25, 0.3) is 0 Å². The molecule has 19 heavy (non-hydrogen) atoms. The van der Waals surface area contributed by atoms with E-state index in [1.165, 1.54) is 0 Å². The minimum absolute atomic E-state index is 0.0203. The number of hydrogen-bond donors (Lipinski definition) is 2. The van der Waals surface area contributed by atoms with Crippen molar-refractivity contribution in [3.63, 3.8) is 0 Å². The van der Waals surface area contributed by atoms with Gasteiger partial charge in [0.05, 0.1) is 12.7 Å². The van der Waals surface area contributed by atoms with Gasteiger partial charge in [0.2, 0.25) is 5.91 Å². The number of pyridine rings is 1. The molecule has 1 amide bonds. The fourth-order valence-corrected chi connectivity index (χ4v) is 2.16. The van der Waals surface area contributed by atoms with Crippen LogP contribution in [0.3, 0.4) is 0 Å². The molecule has 1 aromatic rings. The number of nitrogens with two attached hydrogens (primary N) is 2. The Kier molecular flexibility index (Phi) is 4.01. The van der Waals surface area contributed by atoms with Crippen LogP contribution >= 0.6 is 0 Å². The van der Waals surface area contributed by atoms with E-state index in [-0.39, 0.29) is 12.1 Å². The van der Waals surface area contributed by atoms with E-state index in [0.717, 1.165) is 18.1 Å². The van der Waals surface area contributed by atoms with Gasteiger partial charge in [-0.25, -0.2) is 4.98 Å². The number of aryl methyl sites for hydroxylation is 1. The summed E-state index contributed by atoms with van der Waals surface area (Å²) in [5, 5.41) is 0. The van der Waals surface area contributed by atoms with E-state index in [4.69, 9.17) is 16.2 Å². The third kappa shape index (κ3) is 3.21. The lowest BCUT2D eigenvalue weighted by Gasteiger charge is -2.35. The fourth-order valence-electron chi connectivity index (χ4n) is 2.16. The first-order chi connectivity index (χ1) is 8.97. The van der Waals surface area contributed by atoms with Gasteiger partial charge in [0.15, 0.2) is 0 Å². The summed E-state index contributed by atoms with van der Waals surface area (Å²) in [5.41, 5.74) is 12.4. The van der Waals surface area contributed by atoms with Crippen molar-refractivity contribution in [2.24, 2.45) is 11.5 Å². The normalized spacial score (nSPS) is 21.2. The van der Waals surface area contributed by atoms with Crippen molar-refractivity contribution in [3.05, 3.63) is 23.4 Å². The standard InChI is InChI=1S/C13H20N4O2/c1-8-5-10(13(15)18)6-12(16-8)17-3-4-19-11(7-17)9(2)14/h5-6,9,11H,3-4,7,14H2,1-2H3,(H2,15,18). The Morgan fingerprint density at radius 1 is 1.58 bits per heavy atom. The number of carbonyl (C=O) groups is 1. The molecule has 6 nitrogen and oxygen atoms in total. The van der Waals surface area contributed by atoms with Crippen molar-refractivity contribution >= 4 is 11.7 Å². The highest BCUT2D eigenvalue weighted by Crippen LogP contribution is 2.18. The van der Waals surface area contributed by atoms with Crippen LogP contribution in [0.4, 0.5) is 5.82 Å². The summed E-state index contributed by atoms with van der Waals surface area (Å²) in [6, 6.07) is 3.37. The van der Waals surface area contributed by atoms with Gasteiger partial charge in [0.25, 0.3) is 0 Å². The Balaban J connectivity index is 2.23. The summed E-state index contributed by atoms with van der Waals surface area (Å²) in [5.74, 6) is 0.312. The van der Waals surface area contributed by atoms with E-state index in [1.54, 1.807) is 12.1 Å². The van der Waals surface area contributed by atoms with Gasteiger partial charge in [-0.2, -0.15) is 0 Å². The summed E-state index contributed by atoms with van der Waals surface area (Å²) >= 11 is 0. The Morgan fingerprint density at radius 3 is 2.95 bits per heavy atom. The fraction of sp³-hybridized carbons (Fsp3) is 0.538. The number of nitrogens with zero attached hydrogens (tertiary/aromatic N) is 2. The zero-order valence-electron chi connectivity index (χ0n) is 11.3. The van der Waals surface area contributed by atoms with Crippen LogP contribution in [0.15, 0.2) is 12.1 Å². The highest BCUT2D eigenvalue weighted by atomic mass is 16.5. The quantitative estimate of drug-likeness (QED) is 0.804. The number of rotatable bonds is 3. The number of morpholine rings is 1. The molecule has 6 heteroatoms. The van der Waals surface area contributed by atoms with E-state index >= 15 is 0 Å². The molecule has 2 rings (SSSR count). The number of amides is 1. The molecule has 104 valence electrons. The zero-order valence-corrected chi connectivity index (χ0v) is 11.3. The van der Waals surface area contributed by atoms with E-state index < -0.39 is 5.91 Å². The van der Waals surface area contributed by atoms with Crippen LogP contribution in [-0.4, -0.2) is 42.7 Å². The maximum Gasteiger partial charge on any atom is 0.248 e. The maximum atomic E-state index is 11.3. The minimum Gasteiger partial charge on any atom is -0.373 e. The highest BCUT2D eigenvalue weighted by molar-refractivity contribution is 5.93. The lowest BCUT2D eigenvalue weighted by Crippen LogP contribution is -2.50. The summed E-state index contributed by atoms with van der Waals surface area (Å²) < 4.78 is 5.61. The molecule has 0 aromatic carbocycles. The second-order valence-corrected chi connectivity index (χ2v) is 4.93. The van der Waals surface area contributed by atoms with Crippen molar-refractivity contribution in [1.29, 1.82) is 0 Å². The highest BCUT2D eigenvalue weighted by Gasteiger charge is 2.24. The smallest absolute Gasteiger partial charge is 0.248 e. The lowest BCUT2D eigenvalue weighted by atomic mass is 10.1. The molecule has 1 aliphatic rings. The van der Waals surface area contributed by atoms with E-state index in [9.17, 15) is 4.79 Å². The van der Waals surface area contributed by atoms with Gasteiger partial charge in [-0.1, -0.05) is 0 Å². The van der Waals surface area contributed by atoms with Crippen molar-refractivity contribution in [1.82, 2.24) is 4.98 Å². The molecule has 1 fully saturated rings. The number of carbonyl (C=O) groups excluding carboxylic acids is 1. The number of hydrogen-bond acceptors (Lipinski definition) is 5. The molecule has 0 saturated carbocycles. The van der Waals surface area contributed by atoms with Crippen molar-refractivity contribution in [3.8, 4) is 0 Å². The number of primary amides is 1. The zero-order chi connectivity index (χ0) is 14.0. The maximum absolute atomic E-state index is 11.3. The SMILES string of the molecule is Cc1cc(C(N)=O)cc(N2CCOC(C(C)N)C2)n1. The van der Waals surface area contributed by atoms with Crippen LogP contribution < -0.4 is 16.4 Å². The average Bonchev–Trinajstić information content (AvgIpc) is 2.38. The first-order valence-corrected chi connectivity index (χ1v) is 6.38. The Bertz CT molecular complexity index is 476. The molecule has 2 atom stereocenters. The molecule has 2 unspecified atom stereocenters. The molecule has 1 aliphatic heterocycles. The number of ether oxygens (including phenoxy) is 1. The molecular weight excluding hydrogens is 244 g/mol. The first kappa shape index (κ1) is 13.8. The molecule has 1 aromatic heterocycles. The van der Waals surface area contributed by atoms with E-state index in [2.05, 4.69) is 9.88 Å². The van der Waals surface area contributed by atoms with Crippen LogP contribution in [0, 0.1) is 6.92 Å². The predicted octanol–water partition coefficient (Wildman–Crippen LogP) is 0.0413. The summed E-state index contributed by atoms with van der Waals surface area (Å²) in [4.78, 5) is 17.8. The monoisotopic (exact) mass is 264 g/mol. The third-order valence-corrected chi connectivity index (χ3v) is 3.23. The van der Waals surface area contributed by atoms with Gasteiger partial charge in [0, 0.05) is 30.4 Å². The summed E-state index contributed by atoms with van der Waals surface area (Å²) in [7, 11) is 0. The van der Waals surface area contributed by atoms with Gasteiger partial charge < -0.3 is 21.1 Å². The predicted molar refractivity (Wildman–Crippen MR) is 73.1 cm³/mol.